The van der Waals surface area contributed by atoms with Crippen LogP contribution in [0, 0.1) is 0 Å². The van der Waals surface area contributed by atoms with Crippen LogP contribution >= 0.6 is 0 Å². The third kappa shape index (κ3) is 3.16. The lowest BCUT2D eigenvalue weighted by Gasteiger charge is -2.11. The fourth-order valence-electron chi connectivity index (χ4n) is 2.16. The number of benzene rings is 1. The molecule has 1 amide bonds. The average molecular weight is 301 g/mol. The van der Waals surface area contributed by atoms with Gasteiger partial charge in [0.25, 0.3) is 11.5 Å². The van der Waals surface area contributed by atoms with E-state index in [1.807, 2.05) is 19.1 Å². The van der Waals surface area contributed by atoms with Gasteiger partial charge in [-0.2, -0.15) is 0 Å². The van der Waals surface area contributed by atoms with Gasteiger partial charge in [-0.15, -0.1) is 0 Å². The Kier molecular flexibility index (Phi) is 4.93. The van der Waals surface area contributed by atoms with Crippen LogP contribution in [0.3, 0.4) is 0 Å². The van der Waals surface area contributed by atoms with Crippen molar-refractivity contribution in [3.63, 3.8) is 0 Å². The maximum absolute atomic E-state index is 12.2. The molecule has 0 spiro atoms. The van der Waals surface area contributed by atoms with Crippen molar-refractivity contribution >= 4 is 5.91 Å². The molecule has 0 aliphatic rings. The van der Waals surface area contributed by atoms with Crippen molar-refractivity contribution in [2.75, 3.05) is 6.61 Å². The van der Waals surface area contributed by atoms with Crippen LogP contribution in [0.2, 0.25) is 0 Å². The number of rotatable bonds is 6. The summed E-state index contributed by atoms with van der Waals surface area (Å²) in [6.07, 6.45) is 1.24. The van der Waals surface area contributed by atoms with E-state index in [-0.39, 0.29) is 17.1 Å². The Morgan fingerprint density at radius 2 is 2.05 bits per heavy atom. The maximum Gasteiger partial charge on any atom is 0.267 e. The summed E-state index contributed by atoms with van der Waals surface area (Å²) in [5, 5.41) is 0. The van der Waals surface area contributed by atoms with Gasteiger partial charge in [0.15, 0.2) is 0 Å². The van der Waals surface area contributed by atoms with Gasteiger partial charge < -0.3 is 15.5 Å². The number of primary amides is 1. The second kappa shape index (κ2) is 6.89. The highest BCUT2D eigenvalue weighted by Gasteiger charge is 2.17. The zero-order chi connectivity index (χ0) is 16.1. The first-order chi connectivity index (χ1) is 10.6. The highest BCUT2D eigenvalue weighted by atomic mass is 16.5. The number of hydrogen-bond acceptors (Lipinski definition) is 4. The Labute approximate surface area is 128 Å². The summed E-state index contributed by atoms with van der Waals surface area (Å²) in [7, 11) is 0. The van der Waals surface area contributed by atoms with Crippen LogP contribution < -0.4 is 16.0 Å². The zero-order valence-corrected chi connectivity index (χ0v) is 12.7. The van der Waals surface area contributed by atoms with Crippen LogP contribution in [0.25, 0.3) is 11.4 Å². The average Bonchev–Trinajstić information content (AvgIpc) is 2.52. The molecule has 0 aliphatic carbocycles. The van der Waals surface area contributed by atoms with Crippen molar-refractivity contribution in [2.24, 2.45) is 5.73 Å². The van der Waals surface area contributed by atoms with E-state index >= 15 is 0 Å². The third-order valence-electron chi connectivity index (χ3n) is 3.21. The molecule has 0 unspecified atom stereocenters. The molecule has 0 aliphatic heterocycles. The molecule has 2 rings (SSSR count). The summed E-state index contributed by atoms with van der Waals surface area (Å²) in [6, 6.07) is 7.22. The first-order valence-electron chi connectivity index (χ1n) is 7.23. The second-order valence-electron chi connectivity index (χ2n) is 4.80. The van der Waals surface area contributed by atoms with Crippen molar-refractivity contribution in [3.05, 3.63) is 45.9 Å². The normalized spacial score (nSPS) is 10.5. The Morgan fingerprint density at radius 3 is 2.68 bits per heavy atom. The van der Waals surface area contributed by atoms with Gasteiger partial charge in [0.05, 0.1) is 12.2 Å². The van der Waals surface area contributed by atoms with Crippen molar-refractivity contribution in [3.8, 4) is 17.1 Å². The number of para-hydroxylation sites is 1. The second-order valence-corrected chi connectivity index (χ2v) is 4.80. The summed E-state index contributed by atoms with van der Waals surface area (Å²) in [6.45, 7) is 4.33. The molecule has 0 atom stereocenters. The monoisotopic (exact) mass is 301 g/mol. The standard InChI is InChI=1S/C16H19N3O3/c1-3-9-22-12-8-6-5-7-11(12)15-18-13(14(17)20)10(4-2)16(21)19-15/h5-8H,3-4,9H2,1-2H3,(H2,17,20)(H,18,19,21). The quantitative estimate of drug-likeness (QED) is 0.851. The molecule has 0 radical (unpaired) electrons. The molecule has 0 saturated carbocycles. The molecular formula is C16H19N3O3. The molecule has 1 heterocycles. The summed E-state index contributed by atoms with van der Waals surface area (Å²) < 4.78 is 5.66. The van der Waals surface area contributed by atoms with Gasteiger partial charge in [-0.05, 0) is 25.0 Å². The topological polar surface area (TPSA) is 98.1 Å². The number of carbonyl (C=O) groups is 1. The number of H-pyrrole nitrogens is 1. The molecule has 6 nitrogen and oxygen atoms in total. The first-order valence-corrected chi connectivity index (χ1v) is 7.23. The number of aromatic nitrogens is 2. The molecule has 22 heavy (non-hydrogen) atoms. The van der Waals surface area contributed by atoms with E-state index in [9.17, 15) is 9.59 Å². The van der Waals surface area contributed by atoms with Crippen LogP contribution in [-0.4, -0.2) is 22.5 Å². The number of nitrogens with one attached hydrogen (secondary N) is 1. The molecule has 1 aromatic carbocycles. The molecule has 0 saturated heterocycles. The van der Waals surface area contributed by atoms with E-state index in [0.717, 1.165) is 6.42 Å². The molecule has 6 heteroatoms. The Morgan fingerprint density at radius 1 is 1.32 bits per heavy atom. The van der Waals surface area contributed by atoms with Gasteiger partial charge in [0, 0.05) is 5.56 Å². The summed E-state index contributed by atoms with van der Waals surface area (Å²) in [5.74, 6) is 0.172. The van der Waals surface area contributed by atoms with Crippen LogP contribution in [0.5, 0.6) is 5.75 Å². The largest absolute Gasteiger partial charge is 0.493 e. The maximum atomic E-state index is 12.2. The van der Waals surface area contributed by atoms with Crippen molar-refractivity contribution in [1.82, 2.24) is 9.97 Å². The number of nitrogens with zero attached hydrogens (tertiary/aromatic N) is 1. The van der Waals surface area contributed by atoms with E-state index in [4.69, 9.17) is 10.5 Å². The van der Waals surface area contributed by atoms with E-state index in [0.29, 0.717) is 29.9 Å². The zero-order valence-electron chi connectivity index (χ0n) is 12.7. The van der Waals surface area contributed by atoms with Crippen LogP contribution in [0.1, 0.15) is 36.3 Å². The number of carbonyl (C=O) groups excluding carboxylic acids is 1. The highest BCUT2D eigenvalue weighted by molar-refractivity contribution is 5.92. The third-order valence-corrected chi connectivity index (χ3v) is 3.21. The SMILES string of the molecule is CCCOc1ccccc1-c1nc(C(N)=O)c(CC)c(=O)[nH]1. The van der Waals surface area contributed by atoms with Gasteiger partial charge in [0.1, 0.15) is 17.3 Å². The van der Waals surface area contributed by atoms with Gasteiger partial charge in [-0.25, -0.2) is 4.98 Å². The Balaban J connectivity index is 2.59. The van der Waals surface area contributed by atoms with Gasteiger partial charge in [-0.3, -0.25) is 9.59 Å². The minimum atomic E-state index is -0.712. The van der Waals surface area contributed by atoms with Crippen LogP contribution in [0.4, 0.5) is 0 Å². The number of amides is 1. The summed E-state index contributed by atoms with van der Waals surface area (Å²) in [4.78, 5) is 30.6. The Bertz CT molecular complexity index is 738. The van der Waals surface area contributed by atoms with E-state index in [1.54, 1.807) is 19.1 Å². The Hall–Kier alpha value is -2.63. The number of ether oxygens (including phenoxy) is 1. The van der Waals surface area contributed by atoms with E-state index < -0.39 is 5.91 Å². The molecular weight excluding hydrogens is 282 g/mol. The number of hydrogen-bond donors (Lipinski definition) is 2. The lowest BCUT2D eigenvalue weighted by molar-refractivity contribution is 0.0994. The van der Waals surface area contributed by atoms with E-state index in [1.165, 1.54) is 0 Å². The van der Waals surface area contributed by atoms with Crippen molar-refractivity contribution < 1.29 is 9.53 Å². The smallest absolute Gasteiger partial charge is 0.267 e. The van der Waals surface area contributed by atoms with Crippen LogP contribution in [-0.2, 0) is 6.42 Å². The molecule has 0 bridgehead atoms. The number of aromatic amines is 1. The molecule has 2 aromatic rings. The lowest BCUT2D eigenvalue weighted by Crippen LogP contribution is -2.25. The van der Waals surface area contributed by atoms with Gasteiger partial charge in [0.2, 0.25) is 0 Å². The molecule has 116 valence electrons. The van der Waals surface area contributed by atoms with Gasteiger partial charge in [-0.1, -0.05) is 26.0 Å². The first kappa shape index (κ1) is 15.8. The molecule has 3 N–H and O–H groups in total. The number of nitrogens with two attached hydrogens (primary N) is 1. The van der Waals surface area contributed by atoms with Crippen LogP contribution in [0.15, 0.2) is 29.1 Å². The molecule has 1 aromatic heterocycles. The fraction of sp³-hybridized carbons (Fsp3) is 0.312. The predicted octanol–water partition coefficient (Wildman–Crippen LogP) is 1.89. The van der Waals surface area contributed by atoms with Crippen molar-refractivity contribution in [2.45, 2.75) is 26.7 Å². The molecule has 0 fully saturated rings. The minimum absolute atomic E-state index is 0.00606. The minimum Gasteiger partial charge on any atom is -0.493 e. The lowest BCUT2D eigenvalue weighted by atomic mass is 10.1. The van der Waals surface area contributed by atoms with Gasteiger partial charge >= 0.3 is 0 Å². The summed E-state index contributed by atoms with van der Waals surface area (Å²) in [5.41, 5.74) is 5.91. The van der Waals surface area contributed by atoms with Crippen molar-refractivity contribution in [1.29, 1.82) is 0 Å². The predicted molar refractivity (Wildman–Crippen MR) is 84.0 cm³/mol. The fourth-order valence-corrected chi connectivity index (χ4v) is 2.16. The summed E-state index contributed by atoms with van der Waals surface area (Å²) >= 11 is 0. The van der Waals surface area contributed by atoms with E-state index in [2.05, 4.69) is 9.97 Å². The highest BCUT2D eigenvalue weighted by Crippen LogP contribution is 2.27.